The Morgan fingerprint density at radius 2 is 1.76 bits per heavy atom. The first-order valence-corrected chi connectivity index (χ1v) is 7.09. The summed E-state index contributed by atoms with van der Waals surface area (Å²) in [5.74, 6) is 0.925. The zero-order valence-electron chi connectivity index (χ0n) is 12.1. The van der Waals surface area contributed by atoms with Crippen LogP contribution in [0.1, 0.15) is 21.5 Å². The van der Waals surface area contributed by atoms with Gasteiger partial charge in [0, 0.05) is 11.3 Å². The second-order valence-corrected chi connectivity index (χ2v) is 5.44. The number of carbonyl (C=O) groups is 1. The Hall–Kier alpha value is -2.01. The average molecular weight is 350 g/mol. The van der Waals surface area contributed by atoms with E-state index in [1.54, 1.807) is 37.4 Å². The normalized spacial score (nSPS) is 10.3. The number of anilines is 1. The number of ketones is 1. The Labute approximate surface area is 132 Å². The van der Waals surface area contributed by atoms with Gasteiger partial charge in [-0.2, -0.15) is 0 Å². The molecule has 2 aromatic rings. The van der Waals surface area contributed by atoms with E-state index in [0.29, 0.717) is 28.3 Å². The van der Waals surface area contributed by atoms with Crippen molar-refractivity contribution in [1.82, 2.24) is 0 Å². The summed E-state index contributed by atoms with van der Waals surface area (Å²) in [5, 5.41) is 0. The molecule has 110 valence electrons. The first-order valence-electron chi connectivity index (χ1n) is 6.30. The van der Waals surface area contributed by atoms with Gasteiger partial charge in [-0.05, 0) is 58.7 Å². The molecule has 0 heterocycles. The van der Waals surface area contributed by atoms with Crippen molar-refractivity contribution in [2.75, 3.05) is 20.0 Å². The zero-order valence-corrected chi connectivity index (χ0v) is 13.7. The third-order valence-electron chi connectivity index (χ3n) is 3.25. The minimum absolute atomic E-state index is 0.138. The summed E-state index contributed by atoms with van der Waals surface area (Å²) in [4.78, 5) is 12.7. The Kier molecular flexibility index (Phi) is 4.53. The first-order chi connectivity index (χ1) is 9.97. The third-order valence-corrected chi connectivity index (χ3v) is 3.87. The molecule has 5 heteroatoms. The maximum absolute atomic E-state index is 12.7. The fourth-order valence-electron chi connectivity index (χ4n) is 2.01. The van der Waals surface area contributed by atoms with Crippen LogP contribution in [0.4, 0.5) is 5.69 Å². The van der Waals surface area contributed by atoms with E-state index < -0.39 is 0 Å². The summed E-state index contributed by atoms with van der Waals surface area (Å²) in [6.45, 7) is 1.87. The Morgan fingerprint density at radius 1 is 1.10 bits per heavy atom. The Bertz CT molecular complexity index is 698. The number of nitrogen functional groups attached to an aromatic ring is 1. The van der Waals surface area contributed by atoms with Crippen LogP contribution in [0.2, 0.25) is 0 Å². The summed E-state index contributed by atoms with van der Waals surface area (Å²) in [6, 6.07) is 8.59. The number of carbonyl (C=O) groups excluding carboxylic acids is 1. The molecule has 0 aliphatic carbocycles. The summed E-state index contributed by atoms with van der Waals surface area (Å²) < 4.78 is 11.3. The van der Waals surface area contributed by atoms with E-state index in [1.165, 1.54) is 7.11 Å². The molecule has 0 spiro atoms. The molecule has 2 N–H and O–H groups in total. The van der Waals surface area contributed by atoms with Crippen molar-refractivity contribution >= 4 is 27.4 Å². The van der Waals surface area contributed by atoms with E-state index in [2.05, 4.69) is 15.9 Å². The van der Waals surface area contributed by atoms with Crippen LogP contribution in [0, 0.1) is 6.92 Å². The lowest BCUT2D eigenvalue weighted by molar-refractivity contribution is 0.103. The molecule has 0 aromatic heterocycles. The van der Waals surface area contributed by atoms with Crippen LogP contribution in [0.3, 0.4) is 0 Å². The summed E-state index contributed by atoms with van der Waals surface area (Å²) in [7, 11) is 3.08. The van der Waals surface area contributed by atoms with Crippen molar-refractivity contribution in [3.05, 3.63) is 51.5 Å². The number of rotatable bonds is 4. The lowest BCUT2D eigenvalue weighted by Gasteiger charge is -2.12. The molecular formula is C16H16BrNO3. The van der Waals surface area contributed by atoms with E-state index >= 15 is 0 Å². The SMILES string of the molecule is COc1cc(C(=O)c2ccc(N)c(C)c2)c(OC)cc1Br. The van der Waals surface area contributed by atoms with Crippen molar-refractivity contribution in [3.63, 3.8) is 0 Å². The smallest absolute Gasteiger partial charge is 0.196 e. The van der Waals surface area contributed by atoms with Crippen LogP contribution >= 0.6 is 15.9 Å². The molecule has 4 nitrogen and oxygen atoms in total. The molecule has 0 aliphatic rings. The van der Waals surface area contributed by atoms with Gasteiger partial charge in [-0.3, -0.25) is 4.79 Å². The second-order valence-electron chi connectivity index (χ2n) is 4.59. The van der Waals surface area contributed by atoms with Crippen LogP contribution in [-0.4, -0.2) is 20.0 Å². The molecule has 0 aliphatic heterocycles. The molecule has 2 aromatic carbocycles. The van der Waals surface area contributed by atoms with Gasteiger partial charge in [-0.25, -0.2) is 0 Å². The maximum Gasteiger partial charge on any atom is 0.196 e. The summed E-state index contributed by atoms with van der Waals surface area (Å²) >= 11 is 3.38. The second kappa shape index (κ2) is 6.18. The molecular weight excluding hydrogens is 334 g/mol. The molecule has 0 saturated carbocycles. The van der Waals surface area contributed by atoms with Crippen molar-refractivity contribution in [1.29, 1.82) is 0 Å². The number of methoxy groups -OCH3 is 2. The molecule has 0 bridgehead atoms. The molecule has 0 amide bonds. The van der Waals surface area contributed by atoms with E-state index in [4.69, 9.17) is 15.2 Å². The standard InChI is InChI=1S/C16H16BrNO3/c1-9-6-10(4-5-13(9)18)16(19)11-7-15(21-3)12(17)8-14(11)20-2/h4-8H,18H2,1-3H3. The summed E-state index contributed by atoms with van der Waals surface area (Å²) in [6.07, 6.45) is 0. The van der Waals surface area contributed by atoms with E-state index in [9.17, 15) is 4.79 Å². The van der Waals surface area contributed by atoms with Crippen molar-refractivity contribution < 1.29 is 14.3 Å². The van der Waals surface area contributed by atoms with Gasteiger partial charge in [-0.15, -0.1) is 0 Å². The highest BCUT2D eigenvalue weighted by Crippen LogP contribution is 2.34. The topological polar surface area (TPSA) is 61.5 Å². The molecule has 0 saturated heterocycles. The fourth-order valence-corrected chi connectivity index (χ4v) is 2.49. The maximum atomic E-state index is 12.7. The fraction of sp³-hybridized carbons (Fsp3) is 0.188. The number of nitrogens with two attached hydrogens (primary N) is 1. The number of hydrogen-bond donors (Lipinski definition) is 1. The highest BCUT2D eigenvalue weighted by atomic mass is 79.9. The van der Waals surface area contributed by atoms with Gasteiger partial charge in [0.15, 0.2) is 5.78 Å². The first kappa shape index (κ1) is 15.4. The van der Waals surface area contributed by atoms with Crippen LogP contribution < -0.4 is 15.2 Å². The lowest BCUT2D eigenvalue weighted by Crippen LogP contribution is -2.06. The van der Waals surface area contributed by atoms with Gasteiger partial charge < -0.3 is 15.2 Å². The van der Waals surface area contributed by atoms with Crippen LogP contribution in [0.15, 0.2) is 34.8 Å². The van der Waals surface area contributed by atoms with E-state index in [1.807, 2.05) is 6.92 Å². The lowest BCUT2D eigenvalue weighted by atomic mass is 10.00. The molecule has 21 heavy (non-hydrogen) atoms. The zero-order chi connectivity index (χ0) is 15.6. The van der Waals surface area contributed by atoms with Gasteiger partial charge in [0.2, 0.25) is 0 Å². The van der Waals surface area contributed by atoms with Gasteiger partial charge >= 0.3 is 0 Å². The molecule has 0 fully saturated rings. The predicted molar refractivity (Wildman–Crippen MR) is 86.3 cm³/mol. The van der Waals surface area contributed by atoms with E-state index in [0.717, 1.165) is 10.0 Å². The number of aryl methyl sites for hydroxylation is 1. The van der Waals surface area contributed by atoms with Gasteiger partial charge in [0.25, 0.3) is 0 Å². The third kappa shape index (κ3) is 3.03. The largest absolute Gasteiger partial charge is 0.496 e. The van der Waals surface area contributed by atoms with Crippen LogP contribution in [-0.2, 0) is 0 Å². The molecule has 0 radical (unpaired) electrons. The van der Waals surface area contributed by atoms with E-state index in [-0.39, 0.29) is 5.78 Å². The highest BCUT2D eigenvalue weighted by Gasteiger charge is 2.18. The number of halogens is 1. The van der Waals surface area contributed by atoms with Crippen LogP contribution in [0.25, 0.3) is 0 Å². The number of hydrogen-bond acceptors (Lipinski definition) is 4. The highest BCUT2D eigenvalue weighted by molar-refractivity contribution is 9.10. The van der Waals surface area contributed by atoms with Crippen molar-refractivity contribution in [2.24, 2.45) is 0 Å². The average Bonchev–Trinajstić information content (AvgIpc) is 2.49. The predicted octanol–water partition coefficient (Wildman–Crippen LogP) is 3.59. The molecule has 2 rings (SSSR count). The minimum atomic E-state index is -0.138. The summed E-state index contributed by atoms with van der Waals surface area (Å²) in [5.41, 5.74) is 8.32. The van der Waals surface area contributed by atoms with Crippen molar-refractivity contribution in [3.8, 4) is 11.5 Å². The minimum Gasteiger partial charge on any atom is -0.496 e. The van der Waals surface area contributed by atoms with Gasteiger partial charge in [0.05, 0.1) is 24.3 Å². The Balaban J connectivity index is 2.53. The van der Waals surface area contributed by atoms with Crippen molar-refractivity contribution in [2.45, 2.75) is 6.92 Å². The van der Waals surface area contributed by atoms with Gasteiger partial charge in [-0.1, -0.05) is 0 Å². The monoisotopic (exact) mass is 349 g/mol. The molecule has 0 unspecified atom stereocenters. The van der Waals surface area contributed by atoms with Crippen LogP contribution in [0.5, 0.6) is 11.5 Å². The van der Waals surface area contributed by atoms with Gasteiger partial charge in [0.1, 0.15) is 11.5 Å². The quantitative estimate of drug-likeness (QED) is 0.676. The Morgan fingerprint density at radius 3 is 2.33 bits per heavy atom. The number of ether oxygens (including phenoxy) is 2. The number of benzene rings is 2. The molecule has 0 atom stereocenters.